The van der Waals surface area contributed by atoms with Crippen molar-refractivity contribution in [3.05, 3.63) is 65.2 Å². The first-order valence-electron chi connectivity index (χ1n) is 10.1. The summed E-state index contributed by atoms with van der Waals surface area (Å²) in [4.78, 5) is 7.33. The van der Waals surface area contributed by atoms with E-state index in [0.717, 1.165) is 52.5 Å². The average Bonchev–Trinajstić information content (AvgIpc) is 3.01. The molecular formula is C23H31N3O. The van der Waals surface area contributed by atoms with Crippen molar-refractivity contribution in [2.75, 3.05) is 58.4 Å². The zero-order valence-corrected chi connectivity index (χ0v) is 16.6. The van der Waals surface area contributed by atoms with Crippen LogP contribution in [0.1, 0.15) is 22.6 Å². The summed E-state index contributed by atoms with van der Waals surface area (Å²) in [5.74, 6) is 0.590. The van der Waals surface area contributed by atoms with Crippen LogP contribution in [-0.2, 0) is 17.8 Å². The van der Waals surface area contributed by atoms with Crippen LogP contribution in [0.3, 0.4) is 0 Å². The molecule has 0 spiro atoms. The van der Waals surface area contributed by atoms with Gasteiger partial charge in [-0.1, -0.05) is 42.5 Å². The second-order valence-electron chi connectivity index (χ2n) is 8.10. The van der Waals surface area contributed by atoms with E-state index < -0.39 is 0 Å². The lowest BCUT2D eigenvalue weighted by atomic mass is 10.0. The van der Waals surface area contributed by atoms with Crippen LogP contribution in [0.5, 0.6) is 0 Å². The molecule has 1 atom stereocenters. The highest BCUT2D eigenvalue weighted by molar-refractivity contribution is 5.60. The molecule has 27 heavy (non-hydrogen) atoms. The summed E-state index contributed by atoms with van der Waals surface area (Å²) in [5.41, 5.74) is 5.68. The first kappa shape index (κ1) is 18.5. The summed E-state index contributed by atoms with van der Waals surface area (Å²) in [5, 5.41) is 0. The molecule has 1 unspecified atom stereocenters. The fraction of sp³-hybridized carbons (Fsp3) is 0.478. The number of para-hydroxylation sites is 1. The molecule has 2 aromatic carbocycles. The molecule has 0 aromatic heterocycles. The molecule has 1 fully saturated rings. The minimum Gasteiger partial charge on any atom is -0.379 e. The number of benzene rings is 2. The van der Waals surface area contributed by atoms with Crippen LogP contribution in [0.4, 0.5) is 5.69 Å². The van der Waals surface area contributed by atoms with E-state index in [4.69, 9.17) is 4.74 Å². The summed E-state index contributed by atoms with van der Waals surface area (Å²) in [6.07, 6.45) is 0. The van der Waals surface area contributed by atoms with Crippen LogP contribution in [0.15, 0.2) is 48.5 Å². The van der Waals surface area contributed by atoms with Gasteiger partial charge in [0, 0.05) is 50.9 Å². The predicted octanol–water partition coefficient (Wildman–Crippen LogP) is 3.18. The molecule has 2 heterocycles. The Morgan fingerprint density at radius 2 is 1.67 bits per heavy atom. The van der Waals surface area contributed by atoms with Gasteiger partial charge in [0.1, 0.15) is 0 Å². The largest absolute Gasteiger partial charge is 0.379 e. The summed E-state index contributed by atoms with van der Waals surface area (Å²) in [6, 6.07) is 18.1. The number of hydrogen-bond acceptors (Lipinski definition) is 4. The number of rotatable bonds is 6. The van der Waals surface area contributed by atoms with Gasteiger partial charge in [-0.05, 0) is 36.9 Å². The third-order valence-corrected chi connectivity index (χ3v) is 5.64. The molecule has 0 aliphatic carbocycles. The molecule has 0 saturated carbocycles. The molecule has 1 saturated heterocycles. The summed E-state index contributed by atoms with van der Waals surface area (Å²) in [7, 11) is 4.23. The van der Waals surface area contributed by atoms with E-state index in [1.807, 2.05) is 0 Å². The molecule has 4 nitrogen and oxygen atoms in total. The van der Waals surface area contributed by atoms with Gasteiger partial charge < -0.3 is 14.5 Å². The van der Waals surface area contributed by atoms with E-state index in [2.05, 4.69) is 77.3 Å². The van der Waals surface area contributed by atoms with Gasteiger partial charge in [0.2, 0.25) is 0 Å². The van der Waals surface area contributed by atoms with Gasteiger partial charge in [-0.2, -0.15) is 0 Å². The Bertz CT molecular complexity index is 738. The molecule has 4 rings (SSSR count). The zero-order chi connectivity index (χ0) is 18.6. The SMILES string of the molecule is CN(C)Cc1ccc(CN2CC(CN3CCOCC3)c3ccccc32)cc1. The molecule has 0 bridgehead atoms. The van der Waals surface area contributed by atoms with Crippen molar-refractivity contribution in [2.45, 2.75) is 19.0 Å². The molecule has 2 aliphatic heterocycles. The lowest BCUT2D eigenvalue weighted by molar-refractivity contribution is 0.0356. The highest BCUT2D eigenvalue weighted by atomic mass is 16.5. The van der Waals surface area contributed by atoms with E-state index >= 15 is 0 Å². The van der Waals surface area contributed by atoms with Crippen molar-refractivity contribution < 1.29 is 4.74 Å². The Hall–Kier alpha value is -1.88. The van der Waals surface area contributed by atoms with Crippen molar-refractivity contribution in [2.24, 2.45) is 0 Å². The Morgan fingerprint density at radius 1 is 0.963 bits per heavy atom. The van der Waals surface area contributed by atoms with Gasteiger partial charge >= 0.3 is 0 Å². The molecule has 0 radical (unpaired) electrons. The van der Waals surface area contributed by atoms with Gasteiger partial charge in [0.05, 0.1) is 13.2 Å². The Kier molecular flexibility index (Phi) is 5.77. The number of fused-ring (bicyclic) bond motifs is 1. The Balaban J connectivity index is 1.45. The standard InChI is InChI=1S/C23H31N3O/c1-24(2)15-19-7-9-20(10-8-19)16-26-18-21(17-25-11-13-27-14-12-25)22-5-3-4-6-23(22)26/h3-10,21H,11-18H2,1-2H3. The van der Waals surface area contributed by atoms with E-state index in [9.17, 15) is 0 Å². The van der Waals surface area contributed by atoms with Crippen LogP contribution < -0.4 is 4.90 Å². The predicted molar refractivity (Wildman–Crippen MR) is 111 cm³/mol. The van der Waals surface area contributed by atoms with Crippen LogP contribution in [0.25, 0.3) is 0 Å². The molecule has 144 valence electrons. The van der Waals surface area contributed by atoms with E-state index in [0.29, 0.717) is 5.92 Å². The van der Waals surface area contributed by atoms with Gasteiger partial charge in [0.25, 0.3) is 0 Å². The van der Waals surface area contributed by atoms with Crippen molar-refractivity contribution >= 4 is 5.69 Å². The molecule has 2 aliphatic rings. The third-order valence-electron chi connectivity index (χ3n) is 5.64. The van der Waals surface area contributed by atoms with Gasteiger partial charge in [-0.15, -0.1) is 0 Å². The first-order chi connectivity index (χ1) is 13.2. The summed E-state index contributed by atoms with van der Waals surface area (Å²) >= 11 is 0. The minimum absolute atomic E-state index is 0.590. The van der Waals surface area contributed by atoms with E-state index in [1.165, 1.54) is 22.4 Å². The second-order valence-corrected chi connectivity index (χ2v) is 8.10. The maximum Gasteiger partial charge on any atom is 0.0594 e. The van der Waals surface area contributed by atoms with Crippen molar-refractivity contribution in [3.63, 3.8) is 0 Å². The summed E-state index contributed by atoms with van der Waals surface area (Å²) in [6.45, 7) is 8.09. The molecule has 0 amide bonds. The Labute approximate surface area is 163 Å². The van der Waals surface area contributed by atoms with Crippen molar-refractivity contribution in [1.82, 2.24) is 9.80 Å². The molecule has 4 heteroatoms. The van der Waals surface area contributed by atoms with Crippen molar-refractivity contribution in [1.29, 1.82) is 0 Å². The van der Waals surface area contributed by atoms with Gasteiger partial charge in [-0.25, -0.2) is 0 Å². The quantitative estimate of drug-likeness (QED) is 0.783. The topological polar surface area (TPSA) is 19.0 Å². The number of morpholine rings is 1. The fourth-order valence-electron chi connectivity index (χ4n) is 4.32. The smallest absolute Gasteiger partial charge is 0.0594 e. The number of anilines is 1. The normalized spacial score (nSPS) is 20.3. The van der Waals surface area contributed by atoms with Gasteiger partial charge in [-0.3, -0.25) is 4.90 Å². The zero-order valence-electron chi connectivity index (χ0n) is 16.6. The van der Waals surface area contributed by atoms with E-state index in [-0.39, 0.29) is 0 Å². The third kappa shape index (κ3) is 4.52. The number of nitrogens with zero attached hydrogens (tertiary/aromatic N) is 3. The van der Waals surface area contributed by atoms with E-state index in [1.54, 1.807) is 0 Å². The maximum absolute atomic E-state index is 5.51. The monoisotopic (exact) mass is 365 g/mol. The summed E-state index contributed by atoms with van der Waals surface area (Å²) < 4.78 is 5.51. The van der Waals surface area contributed by atoms with Crippen LogP contribution in [0, 0.1) is 0 Å². The highest BCUT2D eigenvalue weighted by Gasteiger charge is 2.30. The number of ether oxygens (including phenoxy) is 1. The maximum atomic E-state index is 5.51. The molecular weight excluding hydrogens is 334 g/mol. The second kappa shape index (κ2) is 8.42. The van der Waals surface area contributed by atoms with Crippen molar-refractivity contribution in [3.8, 4) is 0 Å². The first-order valence-corrected chi connectivity index (χ1v) is 10.1. The lowest BCUT2D eigenvalue weighted by Gasteiger charge is -2.29. The molecule has 0 N–H and O–H groups in total. The average molecular weight is 366 g/mol. The molecule has 2 aromatic rings. The van der Waals surface area contributed by atoms with Crippen LogP contribution in [-0.4, -0.2) is 63.3 Å². The minimum atomic E-state index is 0.590. The highest BCUT2D eigenvalue weighted by Crippen LogP contribution is 2.37. The number of hydrogen-bond donors (Lipinski definition) is 0. The lowest BCUT2D eigenvalue weighted by Crippen LogP contribution is -2.39. The van der Waals surface area contributed by atoms with Crippen LogP contribution >= 0.6 is 0 Å². The Morgan fingerprint density at radius 3 is 2.41 bits per heavy atom. The fourth-order valence-corrected chi connectivity index (χ4v) is 4.32. The van der Waals surface area contributed by atoms with Crippen LogP contribution in [0.2, 0.25) is 0 Å². The van der Waals surface area contributed by atoms with Gasteiger partial charge in [0.15, 0.2) is 0 Å².